The summed E-state index contributed by atoms with van der Waals surface area (Å²) in [7, 11) is 1.51. The third kappa shape index (κ3) is 5.91. The van der Waals surface area contributed by atoms with Crippen molar-refractivity contribution >= 4 is 35.5 Å². The number of amides is 2. The molecule has 1 N–H and O–H groups in total. The van der Waals surface area contributed by atoms with Crippen LogP contribution in [0, 0.1) is 5.92 Å². The number of ether oxygens (including phenoxy) is 3. The molecule has 188 valence electrons. The Hall–Kier alpha value is -1.72. The zero-order chi connectivity index (χ0) is 25.1. The summed E-state index contributed by atoms with van der Waals surface area (Å²) in [6.45, 7) is 7.16. The predicted octanol–water partition coefficient (Wildman–Crippen LogP) is 3.75. The van der Waals surface area contributed by atoms with Gasteiger partial charge in [-0.2, -0.15) is 4.42 Å². The quantitative estimate of drug-likeness (QED) is 0.182. The lowest BCUT2D eigenvalue weighted by Crippen LogP contribution is -2.61. The van der Waals surface area contributed by atoms with Crippen LogP contribution in [0.5, 0.6) is 0 Å². The lowest BCUT2D eigenvalue weighted by molar-refractivity contribution is -0.171. The molecular weight excluding hydrogens is 482 g/mol. The van der Waals surface area contributed by atoms with Crippen molar-refractivity contribution in [3.63, 3.8) is 0 Å². The van der Waals surface area contributed by atoms with E-state index in [1.54, 1.807) is 18.5 Å². The van der Waals surface area contributed by atoms with Crippen LogP contribution in [0.15, 0.2) is 35.3 Å². The average molecular weight is 514 g/mol. The van der Waals surface area contributed by atoms with Gasteiger partial charge in [0.2, 0.25) is 5.91 Å². The van der Waals surface area contributed by atoms with Gasteiger partial charge in [0.25, 0.3) is 0 Å². The van der Waals surface area contributed by atoms with E-state index in [0.29, 0.717) is 34.6 Å². The van der Waals surface area contributed by atoms with Crippen LogP contribution in [0.4, 0.5) is 4.79 Å². The summed E-state index contributed by atoms with van der Waals surface area (Å²) in [6, 6.07) is 1.73. The number of aliphatic hydroxyl groups is 1. The molecule has 6 atom stereocenters. The lowest BCUT2D eigenvalue weighted by Gasteiger charge is -2.48. The molecule has 0 aromatic carbocycles. The second-order valence-corrected chi connectivity index (χ2v) is 10.5. The zero-order valence-corrected chi connectivity index (χ0v) is 21.6. The van der Waals surface area contributed by atoms with Gasteiger partial charge in [-0.15, -0.1) is 0 Å². The number of methoxy groups -OCH3 is 1. The first kappa shape index (κ1) is 26.9. The Balaban J connectivity index is 1.87. The fraction of sp³-hybridized carbons (Fsp3) is 0.652. The Labute approximate surface area is 209 Å². The summed E-state index contributed by atoms with van der Waals surface area (Å²) in [4.78, 5) is 32.3. The van der Waals surface area contributed by atoms with Gasteiger partial charge in [0, 0.05) is 49.9 Å². The monoisotopic (exact) mass is 513 g/mol. The molecule has 3 rings (SSSR count). The van der Waals surface area contributed by atoms with E-state index in [0.717, 1.165) is 0 Å². The molecular formula is C23H32ClN3O6S. The normalized spacial score (nSPS) is 32.6. The molecule has 0 spiro atoms. The van der Waals surface area contributed by atoms with Gasteiger partial charge >= 0.3 is 6.09 Å². The minimum absolute atomic E-state index is 0.120. The molecule has 1 aliphatic carbocycles. The SMILES string of the molecule is COC1C(OC(=O)N(Cl)C(C)=O)CCC(O)(CSc2ncccn2)C1C1(C)OC1CC=C(C)C. The van der Waals surface area contributed by atoms with Crippen molar-refractivity contribution < 1.29 is 28.9 Å². The Morgan fingerprint density at radius 1 is 1.35 bits per heavy atom. The molecule has 0 radical (unpaired) electrons. The number of nitrogens with zero attached hydrogens (tertiary/aromatic N) is 3. The molecule has 9 nitrogen and oxygen atoms in total. The second kappa shape index (κ2) is 10.9. The smallest absolute Gasteiger partial charge is 0.432 e. The molecule has 11 heteroatoms. The number of hydrogen-bond donors (Lipinski definition) is 1. The van der Waals surface area contributed by atoms with Gasteiger partial charge < -0.3 is 19.3 Å². The van der Waals surface area contributed by atoms with Crippen molar-refractivity contribution in [3.8, 4) is 0 Å². The number of carbonyl (C=O) groups excluding carboxylic acids is 2. The van der Waals surface area contributed by atoms with Crippen LogP contribution in [0.25, 0.3) is 0 Å². The number of imide groups is 1. The zero-order valence-electron chi connectivity index (χ0n) is 20.1. The van der Waals surface area contributed by atoms with Gasteiger partial charge in [-0.05, 0) is 46.1 Å². The highest BCUT2D eigenvalue weighted by Gasteiger charge is 2.67. The summed E-state index contributed by atoms with van der Waals surface area (Å²) in [5.41, 5.74) is -0.732. The Morgan fingerprint density at radius 2 is 2.03 bits per heavy atom. The predicted molar refractivity (Wildman–Crippen MR) is 127 cm³/mol. The fourth-order valence-corrected chi connectivity index (χ4v) is 5.71. The number of thioether (sulfide) groups is 1. The van der Waals surface area contributed by atoms with Gasteiger partial charge in [0.15, 0.2) is 5.16 Å². The summed E-state index contributed by atoms with van der Waals surface area (Å²) in [6.07, 6.45) is 4.26. The first-order valence-electron chi connectivity index (χ1n) is 11.1. The number of halogens is 1. The van der Waals surface area contributed by atoms with Gasteiger partial charge in [0.1, 0.15) is 17.8 Å². The third-order valence-electron chi connectivity index (χ3n) is 6.43. The van der Waals surface area contributed by atoms with Crippen molar-refractivity contribution in [1.82, 2.24) is 14.4 Å². The van der Waals surface area contributed by atoms with Crippen molar-refractivity contribution in [2.24, 2.45) is 5.92 Å². The highest BCUT2D eigenvalue weighted by Crippen LogP contribution is 2.55. The number of allylic oxidation sites excluding steroid dienone is 1. The van der Waals surface area contributed by atoms with Crippen LogP contribution >= 0.6 is 23.5 Å². The van der Waals surface area contributed by atoms with E-state index in [-0.39, 0.29) is 6.10 Å². The molecule has 1 saturated carbocycles. The number of epoxide rings is 1. The molecule has 1 aliphatic heterocycles. The number of aromatic nitrogens is 2. The van der Waals surface area contributed by atoms with Gasteiger partial charge in [-0.1, -0.05) is 23.4 Å². The van der Waals surface area contributed by atoms with Crippen molar-refractivity contribution in [2.75, 3.05) is 12.9 Å². The minimum Gasteiger partial charge on any atom is -0.442 e. The van der Waals surface area contributed by atoms with E-state index in [1.807, 2.05) is 20.8 Å². The molecule has 1 saturated heterocycles. The molecule has 2 fully saturated rings. The summed E-state index contributed by atoms with van der Waals surface area (Å²) in [5.74, 6) is -0.863. The Morgan fingerprint density at radius 3 is 2.62 bits per heavy atom. The maximum atomic E-state index is 12.4. The van der Waals surface area contributed by atoms with Crippen LogP contribution < -0.4 is 0 Å². The van der Waals surface area contributed by atoms with E-state index < -0.39 is 41.3 Å². The van der Waals surface area contributed by atoms with Crippen LogP contribution in [0.1, 0.15) is 47.0 Å². The maximum Gasteiger partial charge on any atom is 0.432 e. The van der Waals surface area contributed by atoms with Crippen molar-refractivity contribution in [2.45, 2.75) is 81.6 Å². The number of carbonyl (C=O) groups is 2. The molecule has 1 aromatic rings. The molecule has 2 amide bonds. The first-order chi connectivity index (χ1) is 16.0. The van der Waals surface area contributed by atoms with Gasteiger partial charge in [0.05, 0.1) is 11.7 Å². The Kier molecular flexibility index (Phi) is 8.62. The van der Waals surface area contributed by atoms with Crippen molar-refractivity contribution in [3.05, 3.63) is 30.1 Å². The molecule has 6 unspecified atom stereocenters. The van der Waals surface area contributed by atoms with E-state index in [1.165, 1.54) is 31.4 Å². The highest BCUT2D eigenvalue weighted by molar-refractivity contribution is 7.99. The standard InChI is InChI=1S/C23H32ClN3O6S/c1-14(2)7-8-17-22(4,33-17)19-18(31-5)16(32-21(29)27(24)15(3)28)9-10-23(19,30)13-34-20-25-11-6-12-26-20/h6-7,11-12,16-19,30H,8-10,13H2,1-5H3. The van der Waals surface area contributed by atoms with E-state index in [2.05, 4.69) is 16.0 Å². The van der Waals surface area contributed by atoms with E-state index >= 15 is 0 Å². The highest BCUT2D eigenvalue weighted by atomic mass is 35.5. The molecule has 1 aromatic heterocycles. The molecule has 0 bridgehead atoms. The largest absolute Gasteiger partial charge is 0.442 e. The molecule has 34 heavy (non-hydrogen) atoms. The summed E-state index contributed by atoms with van der Waals surface area (Å²) < 4.78 is 17.9. The average Bonchev–Trinajstić information content (AvgIpc) is 3.47. The van der Waals surface area contributed by atoms with Crippen LogP contribution in [-0.4, -0.2) is 73.9 Å². The minimum atomic E-state index is -1.21. The molecule has 2 heterocycles. The van der Waals surface area contributed by atoms with E-state index in [4.69, 9.17) is 26.0 Å². The fourth-order valence-electron chi connectivity index (χ4n) is 4.69. The summed E-state index contributed by atoms with van der Waals surface area (Å²) in [5, 5.41) is 12.5. The van der Waals surface area contributed by atoms with Gasteiger partial charge in [-0.3, -0.25) is 4.79 Å². The van der Waals surface area contributed by atoms with Crippen molar-refractivity contribution in [1.29, 1.82) is 0 Å². The number of rotatable bonds is 8. The van der Waals surface area contributed by atoms with Gasteiger partial charge in [-0.25, -0.2) is 14.8 Å². The van der Waals surface area contributed by atoms with Crippen LogP contribution in [-0.2, 0) is 19.0 Å². The third-order valence-corrected chi connectivity index (χ3v) is 7.92. The maximum absolute atomic E-state index is 12.4. The Bertz CT molecular complexity index is 917. The second-order valence-electron chi connectivity index (χ2n) is 9.17. The van der Waals surface area contributed by atoms with Crippen LogP contribution in [0.2, 0.25) is 0 Å². The van der Waals surface area contributed by atoms with Crippen LogP contribution in [0.3, 0.4) is 0 Å². The summed E-state index contributed by atoms with van der Waals surface area (Å²) >= 11 is 7.11. The number of hydrogen-bond acceptors (Lipinski definition) is 9. The topological polar surface area (TPSA) is 114 Å². The van der Waals surface area contributed by atoms with E-state index in [9.17, 15) is 14.7 Å². The first-order valence-corrected chi connectivity index (χ1v) is 12.5. The molecule has 2 aliphatic rings. The lowest BCUT2D eigenvalue weighted by atomic mass is 9.66.